The highest BCUT2D eigenvalue weighted by atomic mass is 16.2. The monoisotopic (exact) mass is 276 g/mol. The molecule has 2 N–H and O–H groups in total. The number of hydrogen-bond donors (Lipinski definition) is 1. The van der Waals surface area contributed by atoms with Crippen LogP contribution in [0, 0.1) is 0 Å². The van der Waals surface area contributed by atoms with Gasteiger partial charge < -0.3 is 15.5 Å². The van der Waals surface area contributed by atoms with E-state index < -0.39 is 0 Å². The lowest BCUT2D eigenvalue weighted by Gasteiger charge is -2.36. The van der Waals surface area contributed by atoms with Gasteiger partial charge in [0.1, 0.15) is 0 Å². The van der Waals surface area contributed by atoms with E-state index in [2.05, 4.69) is 4.90 Å². The van der Waals surface area contributed by atoms with E-state index in [4.69, 9.17) is 5.73 Å². The molecule has 0 radical (unpaired) electrons. The number of urea groups is 1. The number of hydrogen-bond acceptors (Lipinski definition) is 3. The third-order valence-corrected chi connectivity index (χ3v) is 3.68. The molecule has 20 heavy (non-hydrogen) atoms. The zero-order valence-electron chi connectivity index (χ0n) is 12.2. The quantitative estimate of drug-likeness (QED) is 0.885. The minimum atomic E-state index is 0.112. The van der Waals surface area contributed by atoms with Crippen molar-refractivity contribution in [3.63, 3.8) is 0 Å². The zero-order chi connectivity index (χ0) is 14.4. The molecular formula is C15H24N4O. The first-order valence-corrected chi connectivity index (χ1v) is 7.17. The molecule has 0 bridgehead atoms. The second-order valence-electron chi connectivity index (χ2n) is 5.24. The standard InChI is InChI=1S/C15H24N4O/c1-17(13-14-5-3-2-4-6-14)15(20)19-11-9-18(8-7-16)10-12-19/h2-6H,7-13,16H2,1H3. The van der Waals surface area contributed by atoms with Crippen molar-refractivity contribution in [2.45, 2.75) is 6.54 Å². The van der Waals surface area contributed by atoms with Crippen LogP contribution in [-0.2, 0) is 6.54 Å². The van der Waals surface area contributed by atoms with E-state index >= 15 is 0 Å². The lowest BCUT2D eigenvalue weighted by molar-refractivity contribution is 0.118. The second kappa shape index (κ2) is 7.26. The summed E-state index contributed by atoms with van der Waals surface area (Å²) in [4.78, 5) is 18.4. The molecule has 1 fully saturated rings. The molecule has 2 amide bonds. The Bertz CT molecular complexity index is 415. The van der Waals surface area contributed by atoms with Gasteiger partial charge in [-0.05, 0) is 5.56 Å². The van der Waals surface area contributed by atoms with Gasteiger partial charge in [-0.15, -0.1) is 0 Å². The zero-order valence-corrected chi connectivity index (χ0v) is 12.2. The van der Waals surface area contributed by atoms with Crippen LogP contribution < -0.4 is 5.73 Å². The van der Waals surface area contributed by atoms with Crippen molar-refractivity contribution in [3.8, 4) is 0 Å². The van der Waals surface area contributed by atoms with Crippen LogP contribution in [0.3, 0.4) is 0 Å². The molecule has 1 saturated heterocycles. The van der Waals surface area contributed by atoms with E-state index in [0.717, 1.165) is 38.3 Å². The summed E-state index contributed by atoms with van der Waals surface area (Å²) >= 11 is 0. The summed E-state index contributed by atoms with van der Waals surface area (Å²) in [6.07, 6.45) is 0. The molecule has 0 aromatic heterocycles. The Labute approximate surface area is 120 Å². The van der Waals surface area contributed by atoms with Gasteiger partial charge in [-0.2, -0.15) is 0 Å². The predicted molar refractivity (Wildman–Crippen MR) is 80.4 cm³/mol. The molecule has 0 saturated carbocycles. The molecule has 0 atom stereocenters. The first-order valence-electron chi connectivity index (χ1n) is 7.17. The number of rotatable bonds is 4. The molecule has 5 nitrogen and oxygen atoms in total. The van der Waals surface area contributed by atoms with Gasteiger partial charge in [-0.1, -0.05) is 30.3 Å². The maximum absolute atomic E-state index is 12.4. The number of carbonyl (C=O) groups excluding carboxylic acids is 1. The van der Waals surface area contributed by atoms with E-state index in [1.165, 1.54) is 0 Å². The van der Waals surface area contributed by atoms with Crippen molar-refractivity contribution >= 4 is 6.03 Å². The first-order chi connectivity index (χ1) is 9.70. The SMILES string of the molecule is CN(Cc1ccccc1)C(=O)N1CCN(CCN)CC1. The predicted octanol–water partition coefficient (Wildman–Crippen LogP) is 0.815. The summed E-state index contributed by atoms with van der Waals surface area (Å²) in [6, 6.07) is 10.2. The van der Waals surface area contributed by atoms with Crippen LogP contribution in [-0.4, -0.2) is 67.0 Å². The van der Waals surface area contributed by atoms with Crippen molar-refractivity contribution in [1.29, 1.82) is 0 Å². The Kier molecular flexibility index (Phi) is 5.38. The molecule has 5 heteroatoms. The van der Waals surface area contributed by atoms with E-state index in [9.17, 15) is 4.79 Å². The van der Waals surface area contributed by atoms with Crippen molar-refractivity contribution in [2.75, 3.05) is 46.3 Å². The molecule has 0 unspecified atom stereocenters. The van der Waals surface area contributed by atoms with E-state index in [1.54, 1.807) is 4.90 Å². The normalized spacial score (nSPS) is 16.2. The molecule has 2 rings (SSSR count). The first kappa shape index (κ1) is 14.8. The molecule has 1 heterocycles. The molecule has 1 aliphatic rings. The highest BCUT2D eigenvalue weighted by Gasteiger charge is 2.22. The number of piperazine rings is 1. The van der Waals surface area contributed by atoms with Gasteiger partial charge in [0, 0.05) is 52.9 Å². The Morgan fingerprint density at radius 3 is 2.45 bits per heavy atom. The van der Waals surface area contributed by atoms with Crippen LogP contribution in [0.5, 0.6) is 0 Å². The van der Waals surface area contributed by atoms with Crippen molar-refractivity contribution in [2.24, 2.45) is 5.73 Å². The lowest BCUT2D eigenvalue weighted by atomic mass is 10.2. The van der Waals surface area contributed by atoms with E-state index in [0.29, 0.717) is 13.1 Å². The topological polar surface area (TPSA) is 52.8 Å². The third kappa shape index (κ3) is 3.95. The Hall–Kier alpha value is -1.59. The smallest absolute Gasteiger partial charge is 0.320 e. The summed E-state index contributed by atoms with van der Waals surface area (Å²) < 4.78 is 0. The van der Waals surface area contributed by atoms with Gasteiger partial charge in [0.25, 0.3) is 0 Å². The Morgan fingerprint density at radius 1 is 1.20 bits per heavy atom. The number of amides is 2. The van der Waals surface area contributed by atoms with Crippen molar-refractivity contribution < 1.29 is 4.79 Å². The summed E-state index contributed by atoms with van der Waals surface area (Å²) in [5.74, 6) is 0. The van der Waals surface area contributed by atoms with E-state index in [-0.39, 0.29) is 6.03 Å². The third-order valence-electron chi connectivity index (χ3n) is 3.68. The fraction of sp³-hybridized carbons (Fsp3) is 0.533. The molecular weight excluding hydrogens is 252 g/mol. The lowest BCUT2D eigenvalue weighted by Crippen LogP contribution is -2.52. The Balaban J connectivity index is 1.82. The number of carbonyl (C=O) groups is 1. The molecule has 0 spiro atoms. The van der Waals surface area contributed by atoms with Crippen LogP contribution in [0.2, 0.25) is 0 Å². The molecule has 110 valence electrons. The highest BCUT2D eigenvalue weighted by molar-refractivity contribution is 5.74. The number of nitrogens with zero attached hydrogens (tertiary/aromatic N) is 3. The van der Waals surface area contributed by atoms with Crippen molar-refractivity contribution in [3.05, 3.63) is 35.9 Å². The van der Waals surface area contributed by atoms with Gasteiger partial charge >= 0.3 is 6.03 Å². The molecule has 1 aromatic rings. The van der Waals surface area contributed by atoms with Gasteiger partial charge in [-0.3, -0.25) is 4.90 Å². The minimum absolute atomic E-state index is 0.112. The van der Waals surface area contributed by atoms with Crippen LogP contribution >= 0.6 is 0 Å². The fourth-order valence-electron chi connectivity index (χ4n) is 2.51. The summed E-state index contributed by atoms with van der Waals surface area (Å²) in [7, 11) is 1.86. The maximum Gasteiger partial charge on any atom is 0.320 e. The van der Waals surface area contributed by atoms with Crippen LogP contribution in [0.1, 0.15) is 5.56 Å². The fourth-order valence-corrected chi connectivity index (χ4v) is 2.51. The summed E-state index contributed by atoms with van der Waals surface area (Å²) in [6.45, 7) is 5.67. The summed E-state index contributed by atoms with van der Waals surface area (Å²) in [5, 5.41) is 0. The number of nitrogens with two attached hydrogens (primary N) is 1. The molecule has 1 aliphatic heterocycles. The van der Waals surface area contributed by atoms with Crippen molar-refractivity contribution in [1.82, 2.24) is 14.7 Å². The number of benzene rings is 1. The average Bonchev–Trinajstić information content (AvgIpc) is 2.48. The van der Waals surface area contributed by atoms with Gasteiger partial charge in [0.2, 0.25) is 0 Å². The van der Waals surface area contributed by atoms with Gasteiger partial charge in [0.05, 0.1) is 0 Å². The largest absolute Gasteiger partial charge is 0.329 e. The Morgan fingerprint density at radius 2 is 1.85 bits per heavy atom. The van der Waals surface area contributed by atoms with Gasteiger partial charge in [0.15, 0.2) is 0 Å². The van der Waals surface area contributed by atoms with Crippen LogP contribution in [0.4, 0.5) is 4.79 Å². The second-order valence-corrected chi connectivity index (χ2v) is 5.24. The molecule has 0 aliphatic carbocycles. The van der Waals surface area contributed by atoms with Crippen LogP contribution in [0.25, 0.3) is 0 Å². The van der Waals surface area contributed by atoms with E-state index in [1.807, 2.05) is 42.3 Å². The highest BCUT2D eigenvalue weighted by Crippen LogP contribution is 2.08. The molecule has 1 aromatic carbocycles. The maximum atomic E-state index is 12.4. The summed E-state index contributed by atoms with van der Waals surface area (Å²) in [5.41, 5.74) is 6.72. The van der Waals surface area contributed by atoms with Crippen LogP contribution in [0.15, 0.2) is 30.3 Å². The minimum Gasteiger partial charge on any atom is -0.329 e. The van der Waals surface area contributed by atoms with Gasteiger partial charge in [-0.25, -0.2) is 4.79 Å². The average molecular weight is 276 g/mol.